The van der Waals surface area contributed by atoms with Crippen LogP contribution in [-0.2, 0) is 0 Å². The molecule has 0 spiro atoms. The van der Waals surface area contributed by atoms with E-state index >= 15 is 0 Å². The number of nitro groups is 1. The minimum Gasteiger partial charge on any atom is -0.295 e. The Labute approximate surface area is 157 Å². The van der Waals surface area contributed by atoms with E-state index in [2.05, 4.69) is 10.1 Å². The quantitative estimate of drug-likeness (QED) is 0.405. The Hall–Kier alpha value is -2.90. The molecule has 0 unspecified atom stereocenters. The van der Waals surface area contributed by atoms with E-state index < -0.39 is 4.92 Å². The molecule has 7 nitrogen and oxygen atoms in total. The number of H-pyrrole nitrogens is 1. The summed E-state index contributed by atoms with van der Waals surface area (Å²) in [6.07, 6.45) is 1.33. The largest absolute Gasteiger partial charge is 0.295 e. The normalized spacial score (nSPS) is 11.2. The summed E-state index contributed by atoms with van der Waals surface area (Å²) in [5, 5.41) is 14.6. The van der Waals surface area contributed by atoms with Crippen LogP contribution in [0.15, 0.2) is 52.3 Å². The highest BCUT2D eigenvalue weighted by Crippen LogP contribution is 2.29. The van der Waals surface area contributed by atoms with Crippen molar-refractivity contribution in [3.8, 4) is 5.69 Å². The van der Waals surface area contributed by atoms with Crippen molar-refractivity contribution in [2.24, 2.45) is 4.99 Å². The third-order valence-corrected chi connectivity index (χ3v) is 4.21. The summed E-state index contributed by atoms with van der Waals surface area (Å²) in [5.41, 5.74) is 1.22. The van der Waals surface area contributed by atoms with Crippen LogP contribution in [0.2, 0.25) is 10.0 Å². The van der Waals surface area contributed by atoms with Gasteiger partial charge in [-0.25, -0.2) is 4.68 Å². The first-order valence-electron chi connectivity index (χ1n) is 7.42. The standard InChI is InChI=1S/C17H12Cl2N4O3/c1-10-14(9-20-16-8-13(23(25)26)5-6-15(16)19)17(24)22(21-10)12-4-2-3-11(18)7-12/h2-9,21H,1H3. The lowest BCUT2D eigenvalue weighted by Gasteiger charge is -2.01. The fourth-order valence-electron chi connectivity index (χ4n) is 2.36. The molecule has 1 N–H and O–H groups in total. The van der Waals surface area contributed by atoms with Crippen LogP contribution >= 0.6 is 23.2 Å². The summed E-state index contributed by atoms with van der Waals surface area (Å²) in [7, 11) is 0. The van der Waals surface area contributed by atoms with Crippen molar-refractivity contribution in [1.82, 2.24) is 9.78 Å². The molecule has 0 bridgehead atoms. The van der Waals surface area contributed by atoms with E-state index in [1.54, 1.807) is 31.2 Å². The number of aromatic nitrogens is 2. The van der Waals surface area contributed by atoms with Gasteiger partial charge in [0.25, 0.3) is 11.2 Å². The minimum atomic E-state index is -0.539. The fraction of sp³-hybridized carbons (Fsp3) is 0.0588. The predicted molar refractivity (Wildman–Crippen MR) is 101 cm³/mol. The molecule has 1 aromatic heterocycles. The van der Waals surface area contributed by atoms with Gasteiger partial charge in [0.2, 0.25) is 0 Å². The third-order valence-electron chi connectivity index (χ3n) is 3.66. The smallest absolute Gasteiger partial charge is 0.280 e. The molecule has 0 fully saturated rings. The Balaban J connectivity index is 2.02. The van der Waals surface area contributed by atoms with Crippen LogP contribution in [0.4, 0.5) is 11.4 Å². The van der Waals surface area contributed by atoms with Gasteiger partial charge in [0.05, 0.1) is 26.9 Å². The van der Waals surface area contributed by atoms with E-state index in [0.29, 0.717) is 22.0 Å². The minimum absolute atomic E-state index is 0.135. The topological polar surface area (TPSA) is 93.3 Å². The van der Waals surface area contributed by atoms with E-state index in [0.717, 1.165) is 0 Å². The summed E-state index contributed by atoms with van der Waals surface area (Å²) >= 11 is 12.0. The molecule has 3 rings (SSSR count). The number of aryl methyl sites for hydroxylation is 1. The number of aliphatic imine (C=N–C) groups is 1. The van der Waals surface area contributed by atoms with Crippen LogP contribution in [0, 0.1) is 17.0 Å². The van der Waals surface area contributed by atoms with E-state index in [9.17, 15) is 14.9 Å². The van der Waals surface area contributed by atoms with Gasteiger partial charge in [-0.15, -0.1) is 0 Å². The van der Waals surface area contributed by atoms with Crippen molar-refractivity contribution in [3.05, 3.63) is 84.2 Å². The molecular weight excluding hydrogens is 379 g/mol. The number of non-ortho nitro benzene ring substituents is 1. The van der Waals surface area contributed by atoms with Gasteiger partial charge in [-0.2, -0.15) is 0 Å². The molecular formula is C17H12Cl2N4O3. The van der Waals surface area contributed by atoms with E-state index in [1.165, 1.54) is 29.1 Å². The number of hydrogen-bond donors (Lipinski definition) is 1. The van der Waals surface area contributed by atoms with Gasteiger partial charge in [-0.05, 0) is 31.2 Å². The zero-order valence-corrected chi connectivity index (χ0v) is 15.0. The summed E-state index contributed by atoms with van der Waals surface area (Å²) in [6, 6.07) is 10.8. The first kappa shape index (κ1) is 17.9. The van der Waals surface area contributed by atoms with Gasteiger partial charge < -0.3 is 0 Å². The number of nitro benzene ring substituents is 1. The predicted octanol–water partition coefficient (Wildman–Crippen LogP) is 4.44. The summed E-state index contributed by atoms with van der Waals surface area (Å²) < 4.78 is 1.34. The lowest BCUT2D eigenvalue weighted by molar-refractivity contribution is -0.384. The average Bonchev–Trinajstić information content (AvgIpc) is 2.88. The van der Waals surface area contributed by atoms with Crippen molar-refractivity contribution in [2.75, 3.05) is 0 Å². The molecule has 0 atom stereocenters. The van der Waals surface area contributed by atoms with Crippen molar-refractivity contribution >= 4 is 40.8 Å². The molecule has 0 amide bonds. The third kappa shape index (κ3) is 3.54. The van der Waals surface area contributed by atoms with Crippen LogP contribution in [0.25, 0.3) is 5.69 Å². The zero-order valence-electron chi connectivity index (χ0n) is 13.4. The summed E-state index contributed by atoms with van der Waals surface area (Å²) in [4.78, 5) is 27.1. The first-order chi connectivity index (χ1) is 12.4. The summed E-state index contributed by atoms with van der Waals surface area (Å²) in [6.45, 7) is 1.72. The molecule has 0 saturated heterocycles. The lowest BCUT2D eigenvalue weighted by Crippen LogP contribution is -2.17. The van der Waals surface area contributed by atoms with Crippen LogP contribution in [0.1, 0.15) is 11.3 Å². The Morgan fingerprint density at radius 2 is 2.00 bits per heavy atom. The van der Waals surface area contributed by atoms with Crippen molar-refractivity contribution in [1.29, 1.82) is 0 Å². The molecule has 0 aliphatic carbocycles. The van der Waals surface area contributed by atoms with Crippen LogP contribution in [0.3, 0.4) is 0 Å². The second kappa shape index (κ2) is 7.15. The van der Waals surface area contributed by atoms with Gasteiger partial charge in [-0.1, -0.05) is 29.3 Å². The number of rotatable bonds is 4. The number of aromatic amines is 1. The van der Waals surface area contributed by atoms with Gasteiger partial charge in [0, 0.05) is 29.1 Å². The SMILES string of the molecule is Cc1[nH]n(-c2cccc(Cl)c2)c(=O)c1C=Nc1cc([N+](=O)[O-])ccc1Cl. The number of benzene rings is 2. The molecule has 0 saturated carbocycles. The average molecular weight is 391 g/mol. The van der Waals surface area contributed by atoms with Gasteiger partial charge in [0.1, 0.15) is 0 Å². The van der Waals surface area contributed by atoms with Crippen LogP contribution < -0.4 is 5.56 Å². The Morgan fingerprint density at radius 1 is 1.23 bits per heavy atom. The number of halogens is 2. The second-order valence-corrected chi connectivity index (χ2v) is 6.27. The maximum Gasteiger partial charge on any atom is 0.280 e. The van der Waals surface area contributed by atoms with Gasteiger partial charge in [-0.3, -0.25) is 25.0 Å². The molecule has 2 aromatic carbocycles. The maximum absolute atomic E-state index is 12.6. The Kier molecular flexibility index (Phi) is 4.92. The Morgan fingerprint density at radius 3 is 2.69 bits per heavy atom. The highest BCUT2D eigenvalue weighted by Gasteiger charge is 2.12. The summed E-state index contributed by atoms with van der Waals surface area (Å²) in [5.74, 6) is 0. The molecule has 132 valence electrons. The second-order valence-electron chi connectivity index (χ2n) is 5.42. The highest BCUT2D eigenvalue weighted by molar-refractivity contribution is 6.33. The lowest BCUT2D eigenvalue weighted by atomic mass is 10.2. The molecule has 9 heteroatoms. The van der Waals surface area contributed by atoms with Gasteiger partial charge in [0.15, 0.2) is 0 Å². The van der Waals surface area contributed by atoms with E-state index in [1.807, 2.05) is 0 Å². The number of nitrogens with one attached hydrogen (secondary N) is 1. The van der Waals surface area contributed by atoms with E-state index in [4.69, 9.17) is 23.2 Å². The van der Waals surface area contributed by atoms with Gasteiger partial charge >= 0.3 is 0 Å². The highest BCUT2D eigenvalue weighted by atomic mass is 35.5. The zero-order chi connectivity index (χ0) is 18.8. The molecule has 0 aliphatic rings. The van der Waals surface area contributed by atoms with Crippen molar-refractivity contribution in [2.45, 2.75) is 6.92 Å². The van der Waals surface area contributed by atoms with Crippen molar-refractivity contribution in [3.63, 3.8) is 0 Å². The van der Waals surface area contributed by atoms with E-state index in [-0.39, 0.29) is 22.0 Å². The first-order valence-corrected chi connectivity index (χ1v) is 8.18. The monoisotopic (exact) mass is 390 g/mol. The molecule has 1 heterocycles. The molecule has 0 radical (unpaired) electrons. The fourth-order valence-corrected chi connectivity index (χ4v) is 2.71. The van der Waals surface area contributed by atoms with Crippen molar-refractivity contribution < 1.29 is 4.92 Å². The Bertz CT molecular complexity index is 1090. The van der Waals surface area contributed by atoms with Crippen LogP contribution in [-0.4, -0.2) is 20.9 Å². The molecule has 3 aromatic rings. The van der Waals surface area contributed by atoms with Crippen LogP contribution in [0.5, 0.6) is 0 Å². The molecule has 0 aliphatic heterocycles. The number of nitrogens with zero attached hydrogens (tertiary/aromatic N) is 3. The number of hydrogen-bond acceptors (Lipinski definition) is 4. The molecule has 26 heavy (non-hydrogen) atoms. The maximum atomic E-state index is 12.6.